The van der Waals surface area contributed by atoms with Gasteiger partial charge in [-0.3, -0.25) is 4.79 Å². The van der Waals surface area contributed by atoms with Gasteiger partial charge in [-0.15, -0.1) is 0 Å². The van der Waals surface area contributed by atoms with Gasteiger partial charge in [0.15, 0.2) is 0 Å². The van der Waals surface area contributed by atoms with Crippen molar-refractivity contribution in [1.29, 1.82) is 0 Å². The average Bonchev–Trinajstić information content (AvgIpc) is 3.09. The van der Waals surface area contributed by atoms with E-state index >= 15 is 0 Å². The van der Waals surface area contributed by atoms with Crippen molar-refractivity contribution < 1.29 is 34.1 Å². The largest absolute Gasteiger partial charge is 0.481 e. The number of fused-ring (bicyclic) bond motifs is 1. The molecule has 0 fully saturated rings. The first-order valence-electron chi connectivity index (χ1n) is 12.7. The molecular weight excluding hydrogens is 408 g/mol. The second kappa shape index (κ2) is 11.1. The average molecular weight is 442 g/mol. The number of aliphatic hydroxyl groups excluding tert-OH is 2. The van der Waals surface area contributed by atoms with E-state index in [4.69, 9.17) is 14.7 Å². The van der Waals surface area contributed by atoms with Gasteiger partial charge in [-0.1, -0.05) is 36.4 Å². The number of aromatic nitrogens is 1. The molecule has 0 aliphatic carbocycles. The number of hydrogen-bond acceptors (Lipinski definition) is 3. The molecule has 7 heteroatoms. The molecule has 0 spiro atoms. The first-order chi connectivity index (χ1) is 17.1. The summed E-state index contributed by atoms with van der Waals surface area (Å²) in [6.07, 6.45) is -1.35. The Morgan fingerprint density at radius 3 is 2.52 bits per heavy atom. The predicted molar refractivity (Wildman–Crippen MR) is 121 cm³/mol. The quantitative estimate of drug-likeness (QED) is 0.457. The molecule has 0 unspecified atom stereocenters. The summed E-state index contributed by atoms with van der Waals surface area (Å²) < 4.78 is 71.5. The van der Waals surface area contributed by atoms with Crippen molar-refractivity contribution in [3.05, 3.63) is 66.1 Å². The maximum atomic E-state index is 13.7. The molecule has 0 saturated heterocycles. The fraction of sp³-hybridized carbons (Fsp3) is 0.292. The first-order valence-corrected chi connectivity index (χ1v) is 9.24. The summed E-state index contributed by atoms with van der Waals surface area (Å²) in [6.45, 7) is -6.67. The monoisotopic (exact) mass is 441 g/mol. The van der Waals surface area contributed by atoms with Crippen LogP contribution in [-0.2, 0) is 4.79 Å². The Bertz CT molecular complexity index is 1290. The van der Waals surface area contributed by atoms with E-state index in [2.05, 4.69) is 0 Å². The molecular formula is C24H26FNNaO4. The van der Waals surface area contributed by atoms with Crippen LogP contribution in [0.3, 0.4) is 0 Å². The second-order valence-electron chi connectivity index (χ2n) is 6.88. The third-order valence-corrected chi connectivity index (χ3v) is 4.67. The van der Waals surface area contributed by atoms with Gasteiger partial charge < -0.3 is 19.9 Å². The van der Waals surface area contributed by atoms with Gasteiger partial charge in [0.1, 0.15) is 5.82 Å². The SMILES string of the molecule is [2H]C([2H])([2H])C([2H])(n1c(C=C[C@@H](O)C[C@@H](O)CC(=O)O)c(-c2ccc(F)cc2)c2ccccc21)C([2H])([2H])[2H].[Na]. The fourth-order valence-electron chi connectivity index (χ4n) is 3.42. The zero-order valence-electron chi connectivity index (χ0n) is 23.9. The van der Waals surface area contributed by atoms with Crippen LogP contribution in [0.4, 0.5) is 4.39 Å². The number of aliphatic carboxylic acids is 1. The number of halogens is 1. The van der Waals surface area contributed by atoms with Crippen LogP contribution in [0.2, 0.25) is 0 Å². The molecule has 0 bridgehead atoms. The number of rotatable bonds is 8. The van der Waals surface area contributed by atoms with E-state index in [1.807, 2.05) is 0 Å². The van der Waals surface area contributed by atoms with Gasteiger partial charge in [-0.05, 0) is 43.5 Å². The molecule has 0 aliphatic rings. The summed E-state index contributed by atoms with van der Waals surface area (Å²) >= 11 is 0. The maximum absolute atomic E-state index is 13.7. The van der Waals surface area contributed by atoms with Gasteiger partial charge in [0.05, 0.1) is 20.0 Å². The summed E-state index contributed by atoms with van der Waals surface area (Å²) in [5.74, 6) is -1.80. The van der Waals surface area contributed by atoms with E-state index in [0.717, 1.165) is 10.6 Å². The van der Waals surface area contributed by atoms with Gasteiger partial charge in [-0.2, -0.15) is 0 Å². The standard InChI is InChI=1S/C24H26FNO4.Na/c1-15(2)26-21-6-4-3-5-20(21)24(16-7-9-17(25)10-8-16)22(26)12-11-18(27)13-19(28)14-23(29)30;/h3-12,15,18-19,27-28H,13-14H2,1-2H3,(H,29,30);/t18-,19-;/m1./s1/i1D3,2D3,15D;. The van der Waals surface area contributed by atoms with Crippen molar-refractivity contribution in [3.8, 4) is 11.1 Å². The second-order valence-corrected chi connectivity index (χ2v) is 6.88. The summed E-state index contributed by atoms with van der Waals surface area (Å²) in [7, 11) is 0. The van der Waals surface area contributed by atoms with E-state index in [-0.39, 0.29) is 47.2 Å². The van der Waals surface area contributed by atoms with Crippen LogP contribution in [0, 0.1) is 5.82 Å². The van der Waals surface area contributed by atoms with Crippen molar-refractivity contribution in [3.63, 3.8) is 0 Å². The van der Waals surface area contributed by atoms with Gasteiger partial charge in [0.2, 0.25) is 0 Å². The molecule has 0 amide bonds. The summed E-state index contributed by atoms with van der Waals surface area (Å²) in [5, 5.41) is 29.5. The van der Waals surface area contributed by atoms with Gasteiger partial charge >= 0.3 is 5.97 Å². The van der Waals surface area contributed by atoms with E-state index in [9.17, 15) is 19.4 Å². The van der Waals surface area contributed by atoms with Crippen LogP contribution in [-0.4, -0.2) is 67.6 Å². The van der Waals surface area contributed by atoms with Crippen molar-refractivity contribution in [1.82, 2.24) is 4.57 Å². The Kier molecular flexibility index (Phi) is 5.94. The van der Waals surface area contributed by atoms with Crippen LogP contribution >= 0.6 is 0 Å². The molecule has 1 aromatic heterocycles. The number of nitrogens with zero attached hydrogens (tertiary/aromatic N) is 1. The summed E-state index contributed by atoms with van der Waals surface area (Å²) in [6, 6.07) is 8.29. The molecule has 3 aromatic rings. The Balaban J connectivity index is 0.00000507. The fourth-order valence-corrected chi connectivity index (χ4v) is 3.42. The van der Waals surface area contributed by atoms with E-state index in [0.29, 0.717) is 16.5 Å². The minimum Gasteiger partial charge on any atom is -0.481 e. The Labute approximate surface area is 213 Å². The predicted octanol–water partition coefficient (Wildman–Crippen LogP) is 4.25. The molecule has 2 atom stereocenters. The Morgan fingerprint density at radius 1 is 1.19 bits per heavy atom. The molecule has 31 heavy (non-hydrogen) atoms. The molecule has 0 aliphatic heterocycles. The number of carboxylic acid groups (broad SMARTS) is 1. The van der Waals surface area contributed by atoms with E-state index in [1.165, 1.54) is 36.4 Å². The minimum absolute atomic E-state index is 0. The minimum atomic E-state index is -3.33. The van der Waals surface area contributed by atoms with Gasteiger partial charge in [0, 0.05) is 72.4 Å². The Morgan fingerprint density at radius 2 is 1.87 bits per heavy atom. The zero-order chi connectivity index (χ0) is 27.8. The molecule has 0 saturated carbocycles. The molecule has 2 aromatic carbocycles. The van der Waals surface area contributed by atoms with Gasteiger partial charge in [-0.25, -0.2) is 4.39 Å². The summed E-state index contributed by atoms with van der Waals surface area (Å²) in [4.78, 5) is 10.8. The Hall–Kier alpha value is -1.96. The normalized spacial score (nSPS) is 18.0. The molecule has 3 rings (SSSR count). The van der Waals surface area contributed by atoms with Crippen molar-refractivity contribution in [2.24, 2.45) is 0 Å². The number of carbonyl (C=O) groups is 1. The first kappa shape index (κ1) is 16.6. The number of hydrogen-bond donors (Lipinski definition) is 3. The van der Waals surface area contributed by atoms with Crippen LogP contribution in [0.1, 0.15) is 47.9 Å². The third kappa shape index (κ3) is 6.05. The zero-order valence-corrected chi connectivity index (χ0v) is 18.9. The smallest absolute Gasteiger partial charge is 0.305 e. The van der Waals surface area contributed by atoms with Crippen molar-refractivity contribution in [2.75, 3.05) is 0 Å². The van der Waals surface area contributed by atoms with Crippen molar-refractivity contribution in [2.45, 2.75) is 44.8 Å². The van der Waals surface area contributed by atoms with Crippen LogP contribution < -0.4 is 0 Å². The van der Waals surface area contributed by atoms with Crippen LogP contribution in [0.5, 0.6) is 0 Å². The molecule has 1 radical (unpaired) electrons. The third-order valence-electron chi connectivity index (χ3n) is 4.67. The number of carboxylic acids is 1. The van der Waals surface area contributed by atoms with Crippen LogP contribution in [0.25, 0.3) is 28.1 Å². The molecule has 5 nitrogen and oxygen atoms in total. The van der Waals surface area contributed by atoms with Gasteiger partial charge in [0.25, 0.3) is 0 Å². The number of aliphatic hydroxyl groups is 2. The number of benzene rings is 2. The molecule has 159 valence electrons. The van der Waals surface area contributed by atoms with Crippen molar-refractivity contribution >= 4 is 52.5 Å². The molecule has 1 heterocycles. The van der Waals surface area contributed by atoms with Crippen LogP contribution in [0.15, 0.2) is 54.6 Å². The van der Waals surface area contributed by atoms with E-state index in [1.54, 1.807) is 18.2 Å². The maximum Gasteiger partial charge on any atom is 0.305 e. The number of para-hydroxylation sites is 1. The molecule has 3 N–H and O–H groups in total. The topological polar surface area (TPSA) is 82.7 Å². The summed E-state index contributed by atoms with van der Waals surface area (Å²) in [5.41, 5.74) is 0.760. The van der Waals surface area contributed by atoms with E-state index < -0.39 is 50.1 Å².